The van der Waals surface area contributed by atoms with E-state index in [0.717, 1.165) is 37.7 Å². The van der Waals surface area contributed by atoms with Gasteiger partial charge in [0.15, 0.2) is 5.78 Å². The van der Waals surface area contributed by atoms with E-state index in [1.54, 1.807) is 0 Å². The first kappa shape index (κ1) is 25.3. The molecule has 38 heavy (non-hydrogen) atoms. The van der Waals surface area contributed by atoms with Gasteiger partial charge < -0.3 is 14.6 Å². The number of carbonyl (C=O) groups is 1. The number of ketones is 1. The molecule has 0 unspecified atom stereocenters. The van der Waals surface area contributed by atoms with Crippen LogP contribution in [0.3, 0.4) is 0 Å². The number of carbonyl (C=O) groups excluding carboxylic acids is 1. The van der Waals surface area contributed by atoms with Gasteiger partial charge in [-0.3, -0.25) is 4.79 Å². The van der Waals surface area contributed by atoms with E-state index >= 15 is 0 Å². The molecule has 6 aliphatic rings. The summed E-state index contributed by atoms with van der Waals surface area (Å²) in [6.45, 7) is 3.28. The smallest absolute Gasteiger partial charge is 0.194 e. The average molecular weight is 507 g/mol. The monoisotopic (exact) mass is 506 g/mol. The van der Waals surface area contributed by atoms with Gasteiger partial charge in [0.05, 0.1) is 19.3 Å². The largest absolute Gasteiger partial charge is 0.393 e. The molecule has 1 aromatic rings. The summed E-state index contributed by atoms with van der Waals surface area (Å²) in [5, 5.41) is 10.8. The maximum absolute atomic E-state index is 14.4. The van der Waals surface area contributed by atoms with Crippen LogP contribution in [-0.4, -0.2) is 35.3 Å². The fourth-order valence-corrected chi connectivity index (χ4v) is 9.03. The Morgan fingerprint density at radius 1 is 1.03 bits per heavy atom. The van der Waals surface area contributed by atoms with Crippen LogP contribution in [0.15, 0.2) is 30.3 Å². The van der Waals surface area contributed by atoms with Gasteiger partial charge in [-0.2, -0.15) is 0 Å². The molecule has 0 aromatic heterocycles. The Morgan fingerprint density at radius 2 is 1.82 bits per heavy atom. The lowest BCUT2D eigenvalue weighted by Gasteiger charge is -2.69. The van der Waals surface area contributed by atoms with E-state index in [4.69, 9.17) is 15.9 Å². The molecule has 4 aliphatic carbocycles. The predicted octanol–water partition coefficient (Wildman–Crippen LogP) is 4.16. The van der Waals surface area contributed by atoms with Gasteiger partial charge in [0, 0.05) is 17.8 Å². The van der Waals surface area contributed by atoms with Crippen LogP contribution in [-0.2, 0) is 20.9 Å². The summed E-state index contributed by atoms with van der Waals surface area (Å²) in [7, 11) is 0. The van der Waals surface area contributed by atoms with Crippen molar-refractivity contribution in [3.8, 4) is 47.9 Å². The molecule has 1 spiro atoms. The van der Waals surface area contributed by atoms with Gasteiger partial charge >= 0.3 is 0 Å². The number of hydrogen-bond donors (Lipinski definition) is 1. The summed E-state index contributed by atoms with van der Waals surface area (Å²) >= 11 is 0. The highest BCUT2D eigenvalue weighted by Gasteiger charge is 2.76. The molecule has 2 heterocycles. The highest BCUT2D eigenvalue weighted by atomic mass is 16.5. The molecule has 2 saturated heterocycles. The van der Waals surface area contributed by atoms with Gasteiger partial charge in [-0.1, -0.05) is 43.2 Å². The summed E-state index contributed by atoms with van der Waals surface area (Å²) < 4.78 is 13.2. The predicted molar refractivity (Wildman–Crippen MR) is 144 cm³/mol. The molecule has 2 bridgehead atoms. The topological polar surface area (TPSA) is 55.8 Å². The highest BCUT2D eigenvalue weighted by molar-refractivity contribution is 5.95. The van der Waals surface area contributed by atoms with Crippen molar-refractivity contribution >= 4 is 5.78 Å². The van der Waals surface area contributed by atoms with Gasteiger partial charge in [0.25, 0.3) is 0 Å². The maximum Gasteiger partial charge on any atom is 0.194 e. The second-order valence-corrected chi connectivity index (χ2v) is 12.1. The molecule has 7 rings (SSSR count). The minimum Gasteiger partial charge on any atom is -0.393 e. The van der Waals surface area contributed by atoms with Crippen LogP contribution in [0.2, 0.25) is 0 Å². The first-order chi connectivity index (χ1) is 18.5. The van der Waals surface area contributed by atoms with E-state index in [1.165, 1.54) is 0 Å². The van der Waals surface area contributed by atoms with Crippen LogP contribution in [0.5, 0.6) is 0 Å². The Hall–Kier alpha value is -2.99. The van der Waals surface area contributed by atoms with Crippen molar-refractivity contribution in [2.45, 2.75) is 76.3 Å². The third kappa shape index (κ3) is 3.67. The van der Waals surface area contributed by atoms with E-state index in [1.807, 2.05) is 30.3 Å². The molecule has 1 aromatic carbocycles. The molecular weight excluding hydrogens is 472 g/mol. The van der Waals surface area contributed by atoms with Crippen LogP contribution in [0.25, 0.3) is 0 Å². The number of aliphatic hydroxyl groups is 1. The zero-order chi connectivity index (χ0) is 26.4. The minimum atomic E-state index is -0.981. The zero-order valence-electron chi connectivity index (χ0n) is 22.0. The summed E-state index contributed by atoms with van der Waals surface area (Å²) in [6, 6.07) is 10.0. The molecule has 4 nitrogen and oxygen atoms in total. The van der Waals surface area contributed by atoms with Crippen molar-refractivity contribution in [1.82, 2.24) is 0 Å². The second kappa shape index (κ2) is 9.64. The molecule has 0 amide bonds. The quantitative estimate of drug-likeness (QED) is 0.626. The van der Waals surface area contributed by atoms with Crippen molar-refractivity contribution in [1.29, 1.82) is 0 Å². The van der Waals surface area contributed by atoms with E-state index in [0.29, 0.717) is 37.9 Å². The number of aliphatic hydroxyl groups excluding tert-OH is 1. The maximum atomic E-state index is 14.4. The fourth-order valence-electron chi connectivity index (χ4n) is 9.03. The van der Waals surface area contributed by atoms with E-state index in [2.05, 4.69) is 48.4 Å². The normalized spacial score (nSPS) is 42.0. The van der Waals surface area contributed by atoms with E-state index < -0.39 is 17.8 Å². The van der Waals surface area contributed by atoms with Crippen molar-refractivity contribution in [3.05, 3.63) is 35.9 Å². The van der Waals surface area contributed by atoms with Crippen LogP contribution in [0, 0.1) is 82.4 Å². The Bertz CT molecular complexity index is 1340. The minimum absolute atomic E-state index is 0.0276. The summed E-state index contributed by atoms with van der Waals surface area (Å²) in [6.07, 6.45) is 10.1. The van der Waals surface area contributed by atoms with Gasteiger partial charge in [0.1, 0.15) is 11.7 Å². The van der Waals surface area contributed by atoms with E-state index in [9.17, 15) is 9.90 Å². The molecule has 0 radical (unpaired) electrons. The van der Waals surface area contributed by atoms with Gasteiger partial charge in [-0.25, -0.2) is 0 Å². The lowest BCUT2D eigenvalue weighted by Crippen LogP contribution is -2.78. The van der Waals surface area contributed by atoms with Crippen molar-refractivity contribution < 1.29 is 19.4 Å². The summed E-state index contributed by atoms with van der Waals surface area (Å²) in [5.41, 5.74) is -0.292. The third-order valence-electron chi connectivity index (χ3n) is 10.7. The van der Waals surface area contributed by atoms with Crippen molar-refractivity contribution in [3.63, 3.8) is 0 Å². The highest BCUT2D eigenvalue weighted by Crippen LogP contribution is 2.70. The van der Waals surface area contributed by atoms with Crippen molar-refractivity contribution in [2.24, 2.45) is 34.5 Å². The standard InChI is InChI=1S/C34H34O4/c1-3-4-5-6-7-11-14-25-15-16-27-29-28(18-19-32(25,27)2)33-20-17-26(35)21-34(33,31(36)30(29)37-23-33)38-22-24-12-9-8-10-13-24/h1,8-10,12-13,25-30,35H,15-23H2,2H3/t25-,26-,27-,28-,29-,30+,32+,33-,34-/m0/s1. The first-order valence-electron chi connectivity index (χ1n) is 13.9. The van der Waals surface area contributed by atoms with Crippen LogP contribution >= 0.6 is 0 Å². The molecule has 1 N–H and O–H groups in total. The molecular formula is C34H34O4. The van der Waals surface area contributed by atoms with Gasteiger partial charge in [0.2, 0.25) is 0 Å². The summed E-state index contributed by atoms with van der Waals surface area (Å²) in [5.74, 6) is 20.5. The SMILES string of the molecule is C#CC#CC#CC#C[C@H]1CC[C@H]2[C@@H]3[C@H]4OC[C@@]5(CC[C@H](O)C[C@]5(OCc5ccccc5)C4=O)[C@H]3CC[C@]12C. The lowest BCUT2D eigenvalue weighted by atomic mass is 9.40. The number of benzene rings is 1. The summed E-state index contributed by atoms with van der Waals surface area (Å²) in [4.78, 5) is 14.4. The lowest BCUT2D eigenvalue weighted by molar-refractivity contribution is -0.307. The number of Topliss-reactive ketones (excluding diaryl/α,β-unsaturated/α-hetero) is 1. The molecule has 2 aliphatic heterocycles. The number of rotatable bonds is 3. The second-order valence-electron chi connectivity index (χ2n) is 12.1. The molecule has 194 valence electrons. The zero-order valence-corrected chi connectivity index (χ0v) is 22.0. The van der Waals surface area contributed by atoms with Crippen molar-refractivity contribution in [2.75, 3.05) is 6.61 Å². The molecule has 4 saturated carbocycles. The Balaban J connectivity index is 1.31. The number of terminal acetylenes is 1. The van der Waals surface area contributed by atoms with Crippen LogP contribution < -0.4 is 0 Å². The Morgan fingerprint density at radius 3 is 2.63 bits per heavy atom. The Labute approximate surface area is 226 Å². The molecule has 4 heteroatoms. The number of ether oxygens (including phenoxy) is 2. The fraction of sp³-hybridized carbons (Fsp3) is 0.559. The third-order valence-corrected chi connectivity index (χ3v) is 10.7. The average Bonchev–Trinajstić information content (AvgIpc) is 3.27. The molecule has 9 atom stereocenters. The molecule has 6 fully saturated rings. The van der Waals surface area contributed by atoms with E-state index in [-0.39, 0.29) is 28.4 Å². The van der Waals surface area contributed by atoms with Gasteiger partial charge in [-0.15, -0.1) is 6.42 Å². The van der Waals surface area contributed by atoms with Crippen LogP contribution in [0.4, 0.5) is 0 Å². The Kier molecular flexibility index (Phi) is 6.42. The number of fused-ring (bicyclic) bond motifs is 2. The van der Waals surface area contributed by atoms with Gasteiger partial charge in [-0.05, 0) is 103 Å². The van der Waals surface area contributed by atoms with Crippen LogP contribution in [0.1, 0.15) is 57.4 Å². The first-order valence-corrected chi connectivity index (χ1v) is 13.9. The number of hydrogen-bond acceptors (Lipinski definition) is 4.